The minimum atomic E-state index is 0.103. The zero-order valence-electron chi connectivity index (χ0n) is 10.2. The topological polar surface area (TPSA) is 21.3 Å². The molecule has 2 unspecified atom stereocenters. The lowest BCUT2D eigenvalue weighted by molar-refractivity contribution is 0.0830. The zero-order chi connectivity index (χ0) is 12.0. The van der Waals surface area contributed by atoms with Crippen molar-refractivity contribution in [3.63, 3.8) is 0 Å². The summed E-state index contributed by atoms with van der Waals surface area (Å²) in [6.07, 6.45) is 1.20. The molecule has 0 aliphatic carbocycles. The highest BCUT2D eigenvalue weighted by Gasteiger charge is 2.20. The van der Waals surface area contributed by atoms with Crippen molar-refractivity contribution in [2.24, 2.45) is 0 Å². The van der Waals surface area contributed by atoms with Crippen molar-refractivity contribution in [2.75, 3.05) is 13.7 Å². The molecule has 0 spiro atoms. The van der Waals surface area contributed by atoms with Crippen molar-refractivity contribution in [2.45, 2.75) is 32.4 Å². The third-order valence-electron chi connectivity index (χ3n) is 2.70. The van der Waals surface area contributed by atoms with Crippen molar-refractivity contribution >= 4 is 11.6 Å². The van der Waals surface area contributed by atoms with Gasteiger partial charge in [0.25, 0.3) is 0 Å². The molecule has 1 aromatic rings. The van der Waals surface area contributed by atoms with Crippen LogP contribution >= 0.6 is 11.6 Å². The summed E-state index contributed by atoms with van der Waals surface area (Å²) in [7, 11) is 1.72. The second kappa shape index (κ2) is 6.89. The number of nitrogens with one attached hydrogen (secondary N) is 1. The number of hydrogen-bond donors (Lipinski definition) is 1. The van der Waals surface area contributed by atoms with E-state index in [1.165, 1.54) is 0 Å². The van der Waals surface area contributed by atoms with Crippen LogP contribution in [-0.4, -0.2) is 19.8 Å². The summed E-state index contributed by atoms with van der Waals surface area (Å²) in [5, 5.41) is 4.26. The minimum Gasteiger partial charge on any atom is -0.380 e. The first-order valence-electron chi connectivity index (χ1n) is 5.71. The number of halogens is 1. The van der Waals surface area contributed by atoms with E-state index in [0.29, 0.717) is 0 Å². The van der Waals surface area contributed by atoms with Crippen LogP contribution in [0.1, 0.15) is 31.9 Å². The van der Waals surface area contributed by atoms with Crippen LogP contribution < -0.4 is 5.32 Å². The van der Waals surface area contributed by atoms with E-state index in [9.17, 15) is 0 Å². The molecule has 2 atom stereocenters. The van der Waals surface area contributed by atoms with Gasteiger partial charge in [-0.3, -0.25) is 0 Å². The monoisotopic (exact) mass is 241 g/mol. The Hall–Kier alpha value is -0.570. The van der Waals surface area contributed by atoms with Crippen LogP contribution in [0.3, 0.4) is 0 Å². The summed E-state index contributed by atoms with van der Waals surface area (Å²) in [4.78, 5) is 0. The molecule has 0 fully saturated rings. The molecule has 0 radical (unpaired) electrons. The summed E-state index contributed by atoms with van der Waals surface area (Å²) < 4.78 is 5.40. The van der Waals surface area contributed by atoms with E-state index in [-0.39, 0.29) is 12.1 Å². The van der Waals surface area contributed by atoms with Crippen LogP contribution in [-0.2, 0) is 4.74 Å². The predicted molar refractivity (Wildman–Crippen MR) is 69.0 cm³/mol. The molecular formula is C13H20ClNO. The number of methoxy groups -OCH3 is 1. The Morgan fingerprint density at radius 3 is 2.62 bits per heavy atom. The summed E-state index contributed by atoms with van der Waals surface area (Å²) in [6.45, 7) is 5.16. The van der Waals surface area contributed by atoms with Crippen LogP contribution in [0.2, 0.25) is 5.02 Å². The van der Waals surface area contributed by atoms with Gasteiger partial charge in [0, 0.05) is 12.1 Å². The normalized spacial score (nSPS) is 14.8. The molecular weight excluding hydrogens is 222 g/mol. The molecule has 0 aromatic heterocycles. The van der Waals surface area contributed by atoms with E-state index in [1.54, 1.807) is 7.11 Å². The second-order valence-electron chi connectivity index (χ2n) is 3.89. The second-order valence-corrected chi connectivity index (χ2v) is 4.30. The molecule has 0 amide bonds. The highest BCUT2D eigenvalue weighted by Crippen LogP contribution is 2.26. The lowest BCUT2D eigenvalue weighted by Gasteiger charge is -2.25. The first-order chi connectivity index (χ1) is 7.70. The van der Waals surface area contributed by atoms with E-state index in [0.717, 1.165) is 23.6 Å². The molecule has 0 saturated carbocycles. The summed E-state index contributed by atoms with van der Waals surface area (Å²) in [5.41, 5.74) is 1.10. The van der Waals surface area contributed by atoms with E-state index >= 15 is 0 Å². The van der Waals surface area contributed by atoms with Gasteiger partial charge in [-0.2, -0.15) is 0 Å². The Kier molecular flexibility index (Phi) is 5.81. The molecule has 1 aromatic carbocycles. The van der Waals surface area contributed by atoms with Gasteiger partial charge in [-0.25, -0.2) is 0 Å². The highest BCUT2D eigenvalue weighted by atomic mass is 35.5. The quantitative estimate of drug-likeness (QED) is 0.824. The van der Waals surface area contributed by atoms with Crippen LogP contribution in [0.5, 0.6) is 0 Å². The van der Waals surface area contributed by atoms with E-state index < -0.39 is 0 Å². The van der Waals surface area contributed by atoms with Gasteiger partial charge in [-0.15, -0.1) is 0 Å². The molecule has 90 valence electrons. The average Bonchev–Trinajstić information content (AvgIpc) is 2.31. The lowest BCUT2D eigenvalue weighted by Crippen LogP contribution is -2.32. The zero-order valence-corrected chi connectivity index (χ0v) is 10.9. The summed E-state index contributed by atoms with van der Waals surface area (Å²) in [5.74, 6) is 0. The fraction of sp³-hybridized carbons (Fsp3) is 0.538. The molecule has 0 saturated heterocycles. The maximum atomic E-state index is 6.20. The number of rotatable bonds is 6. The number of benzene rings is 1. The van der Waals surface area contributed by atoms with Gasteiger partial charge in [0.15, 0.2) is 0 Å². The smallest absolute Gasteiger partial charge is 0.0738 e. The maximum absolute atomic E-state index is 6.20. The third-order valence-corrected chi connectivity index (χ3v) is 3.04. The number of hydrogen-bond acceptors (Lipinski definition) is 2. The third kappa shape index (κ3) is 3.48. The standard InChI is InChI=1S/C13H20ClNO/c1-4-9-15-13(10(2)16-3)11-7-5-6-8-12(11)14/h5-8,10,13,15H,4,9H2,1-3H3. The summed E-state index contributed by atoms with van der Waals surface area (Å²) in [6, 6.07) is 8.06. The van der Waals surface area contributed by atoms with Crippen LogP contribution in [0.4, 0.5) is 0 Å². The predicted octanol–water partition coefficient (Wildman–Crippen LogP) is 3.42. The fourth-order valence-electron chi connectivity index (χ4n) is 1.69. The molecule has 16 heavy (non-hydrogen) atoms. The van der Waals surface area contributed by atoms with Gasteiger partial charge in [0.2, 0.25) is 0 Å². The minimum absolute atomic E-state index is 0.103. The Balaban J connectivity index is 2.87. The molecule has 0 aliphatic heterocycles. The van der Waals surface area contributed by atoms with E-state index in [1.807, 2.05) is 24.3 Å². The van der Waals surface area contributed by atoms with Gasteiger partial charge in [0.05, 0.1) is 12.1 Å². The first-order valence-corrected chi connectivity index (χ1v) is 6.09. The van der Waals surface area contributed by atoms with Crippen LogP contribution in [0.15, 0.2) is 24.3 Å². The molecule has 0 heterocycles. The van der Waals surface area contributed by atoms with Crippen molar-refractivity contribution in [1.82, 2.24) is 5.32 Å². The molecule has 1 rings (SSSR count). The van der Waals surface area contributed by atoms with Crippen LogP contribution in [0.25, 0.3) is 0 Å². The molecule has 0 bridgehead atoms. The highest BCUT2D eigenvalue weighted by molar-refractivity contribution is 6.31. The van der Waals surface area contributed by atoms with E-state index in [2.05, 4.69) is 19.2 Å². The molecule has 1 N–H and O–H groups in total. The SMILES string of the molecule is CCCNC(c1ccccc1Cl)C(C)OC. The van der Waals surface area contributed by atoms with Gasteiger partial charge < -0.3 is 10.1 Å². The first kappa shape index (κ1) is 13.5. The Morgan fingerprint density at radius 1 is 1.38 bits per heavy atom. The molecule has 3 heteroatoms. The van der Waals surface area contributed by atoms with Crippen molar-refractivity contribution in [1.29, 1.82) is 0 Å². The van der Waals surface area contributed by atoms with Gasteiger partial charge >= 0.3 is 0 Å². The number of ether oxygens (including phenoxy) is 1. The van der Waals surface area contributed by atoms with Gasteiger partial charge in [-0.05, 0) is 31.5 Å². The van der Waals surface area contributed by atoms with Gasteiger partial charge in [0.1, 0.15) is 0 Å². The van der Waals surface area contributed by atoms with Crippen molar-refractivity contribution in [3.8, 4) is 0 Å². The maximum Gasteiger partial charge on any atom is 0.0738 e. The molecule has 0 aliphatic rings. The molecule has 2 nitrogen and oxygen atoms in total. The fourth-order valence-corrected chi connectivity index (χ4v) is 1.95. The largest absolute Gasteiger partial charge is 0.380 e. The van der Waals surface area contributed by atoms with Crippen LogP contribution in [0, 0.1) is 0 Å². The average molecular weight is 242 g/mol. The summed E-state index contributed by atoms with van der Waals surface area (Å²) >= 11 is 6.20. The Labute approximate surface area is 103 Å². The van der Waals surface area contributed by atoms with Crippen molar-refractivity contribution in [3.05, 3.63) is 34.9 Å². The lowest BCUT2D eigenvalue weighted by atomic mass is 10.0. The van der Waals surface area contributed by atoms with Gasteiger partial charge in [-0.1, -0.05) is 36.7 Å². The van der Waals surface area contributed by atoms with E-state index in [4.69, 9.17) is 16.3 Å². The van der Waals surface area contributed by atoms with Crippen molar-refractivity contribution < 1.29 is 4.74 Å². The Morgan fingerprint density at radius 2 is 2.06 bits per heavy atom. The Bertz CT molecular complexity index is 317.